The van der Waals surface area contributed by atoms with Gasteiger partial charge >= 0.3 is 12.1 Å². The molecule has 2 aromatic carbocycles. The van der Waals surface area contributed by atoms with Crippen LogP contribution in [0.15, 0.2) is 60.7 Å². The monoisotopic (exact) mass is 402 g/mol. The van der Waals surface area contributed by atoms with Crippen molar-refractivity contribution < 1.29 is 27.5 Å². The maximum Gasteiger partial charge on any atom is 0.416 e. The van der Waals surface area contributed by atoms with E-state index in [-0.39, 0.29) is 12.0 Å². The van der Waals surface area contributed by atoms with Gasteiger partial charge in [-0.2, -0.15) is 13.2 Å². The number of benzene rings is 2. The van der Waals surface area contributed by atoms with Gasteiger partial charge in [-0.3, -0.25) is 9.78 Å². The first-order valence-electron chi connectivity index (χ1n) is 8.68. The Morgan fingerprint density at radius 2 is 1.72 bits per heavy atom. The Hall–Kier alpha value is -3.42. The highest BCUT2D eigenvalue weighted by Gasteiger charge is 2.30. The SMILES string of the molecule is COC(=O)[C@H](Cc1ccc2ccccc2n1)NC(=O)c1ccc(C(F)(F)F)cc1. The van der Waals surface area contributed by atoms with E-state index in [1.54, 1.807) is 6.07 Å². The van der Waals surface area contributed by atoms with Gasteiger partial charge in [0.2, 0.25) is 0 Å². The number of esters is 1. The second kappa shape index (κ2) is 8.30. The van der Waals surface area contributed by atoms with Gasteiger partial charge in [-0.05, 0) is 36.4 Å². The second-order valence-electron chi connectivity index (χ2n) is 6.32. The third-order valence-corrected chi connectivity index (χ3v) is 4.33. The molecule has 0 fully saturated rings. The number of alkyl halides is 3. The molecule has 29 heavy (non-hydrogen) atoms. The average Bonchev–Trinajstić information content (AvgIpc) is 2.72. The van der Waals surface area contributed by atoms with Crippen LogP contribution in [0.5, 0.6) is 0 Å². The second-order valence-corrected chi connectivity index (χ2v) is 6.32. The van der Waals surface area contributed by atoms with E-state index in [2.05, 4.69) is 10.3 Å². The molecule has 0 saturated carbocycles. The Balaban J connectivity index is 1.77. The van der Waals surface area contributed by atoms with Crippen molar-refractivity contribution in [3.05, 3.63) is 77.5 Å². The van der Waals surface area contributed by atoms with Crippen molar-refractivity contribution >= 4 is 22.8 Å². The van der Waals surface area contributed by atoms with Gasteiger partial charge in [0, 0.05) is 23.1 Å². The van der Waals surface area contributed by atoms with Crippen LogP contribution in [-0.2, 0) is 22.1 Å². The minimum Gasteiger partial charge on any atom is -0.467 e. The van der Waals surface area contributed by atoms with E-state index in [0.717, 1.165) is 35.2 Å². The van der Waals surface area contributed by atoms with Crippen molar-refractivity contribution in [2.75, 3.05) is 7.11 Å². The molecule has 0 unspecified atom stereocenters. The minimum atomic E-state index is -4.49. The lowest BCUT2D eigenvalue weighted by Gasteiger charge is -2.17. The Morgan fingerprint density at radius 1 is 1.03 bits per heavy atom. The maximum atomic E-state index is 12.7. The largest absolute Gasteiger partial charge is 0.467 e. The van der Waals surface area contributed by atoms with Crippen LogP contribution in [0.2, 0.25) is 0 Å². The molecule has 0 radical (unpaired) electrons. The van der Waals surface area contributed by atoms with E-state index in [9.17, 15) is 22.8 Å². The van der Waals surface area contributed by atoms with Crippen LogP contribution >= 0.6 is 0 Å². The van der Waals surface area contributed by atoms with Crippen molar-refractivity contribution in [1.82, 2.24) is 10.3 Å². The smallest absolute Gasteiger partial charge is 0.416 e. The molecule has 3 aromatic rings. The number of carbonyl (C=O) groups is 2. The molecule has 0 aliphatic heterocycles. The summed E-state index contributed by atoms with van der Waals surface area (Å²) in [6.45, 7) is 0. The van der Waals surface area contributed by atoms with Crippen molar-refractivity contribution in [1.29, 1.82) is 0 Å². The summed E-state index contributed by atoms with van der Waals surface area (Å²) in [5, 5.41) is 3.43. The highest BCUT2D eigenvalue weighted by Crippen LogP contribution is 2.29. The van der Waals surface area contributed by atoms with Gasteiger partial charge in [-0.1, -0.05) is 24.3 Å². The van der Waals surface area contributed by atoms with Crippen LogP contribution in [0, 0.1) is 0 Å². The molecule has 0 spiro atoms. The molecule has 1 N–H and O–H groups in total. The van der Waals surface area contributed by atoms with E-state index in [0.29, 0.717) is 5.69 Å². The Labute approximate surface area is 164 Å². The lowest BCUT2D eigenvalue weighted by atomic mass is 10.1. The molecule has 150 valence electrons. The van der Waals surface area contributed by atoms with Crippen molar-refractivity contribution in [2.24, 2.45) is 0 Å². The standard InChI is InChI=1S/C21H17F3N2O3/c1-29-20(28)18(12-16-11-8-13-4-2-3-5-17(13)25-16)26-19(27)14-6-9-15(10-7-14)21(22,23)24/h2-11,18H,12H2,1H3,(H,26,27)/t18-/m0/s1. The van der Waals surface area contributed by atoms with Crippen LogP contribution < -0.4 is 5.32 Å². The summed E-state index contributed by atoms with van der Waals surface area (Å²) >= 11 is 0. The van der Waals surface area contributed by atoms with Gasteiger partial charge in [0.15, 0.2) is 0 Å². The number of fused-ring (bicyclic) bond motifs is 1. The van der Waals surface area contributed by atoms with Gasteiger partial charge in [-0.25, -0.2) is 4.79 Å². The van der Waals surface area contributed by atoms with Gasteiger partial charge in [-0.15, -0.1) is 0 Å². The fourth-order valence-electron chi connectivity index (χ4n) is 2.82. The topological polar surface area (TPSA) is 68.3 Å². The maximum absolute atomic E-state index is 12.7. The molecule has 1 aromatic heterocycles. The Bertz CT molecular complexity index is 1030. The molecule has 1 atom stereocenters. The summed E-state index contributed by atoms with van der Waals surface area (Å²) in [5.74, 6) is -1.37. The highest BCUT2D eigenvalue weighted by atomic mass is 19.4. The summed E-state index contributed by atoms with van der Waals surface area (Å²) in [6.07, 6.45) is -4.42. The first-order chi connectivity index (χ1) is 13.8. The fourth-order valence-corrected chi connectivity index (χ4v) is 2.82. The summed E-state index contributed by atoms with van der Waals surface area (Å²) < 4.78 is 42.7. The van der Waals surface area contributed by atoms with Gasteiger partial charge in [0.25, 0.3) is 5.91 Å². The summed E-state index contributed by atoms with van der Waals surface area (Å²) in [6, 6.07) is 13.7. The van der Waals surface area contributed by atoms with E-state index < -0.39 is 29.7 Å². The molecule has 0 saturated heterocycles. The van der Waals surface area contributed by atoms with Gasteiger partial charge in [0.1, 0.15) is 6.04 Å². The zero-order valence-electron chi connectivity index (χ0n) is 15.4. The number of ether oxygens (including phenoxy) is 1. The summed E-state index contributed by atoms with van der Waals surface area (Å²) in [5.41, 5.74) is 0.437. The van der Waals surface area contributed by atoms with Crippen LogP contribution in [0.1, 0.15) is 21.6 Å². The van der Waals surface area contributed by atoms with E-state index in [1.165, 1.54) is 7.11 Å². The summed E-state index contributed by atoms with van der Waals surface area (Å²) in [7, 11) is 1.19. The number of aromatic nitrogens is 1. The molecule has 3 rings (SSSR count). The number of pyridine rings is 1. The number of rotatable bonds is 5. The number of halogens is 3. The third kappa shape index (κ3) is 4.90. The van der Waals surface area contributed by atoms with Crippen molar-refractivity contribution in [3.8, 4) is 0 Å². The predicted molar refractivity (Wildman–Crippen MR) is 100 cm³/mol. The van der Waals surface area contributed by atoms with Crippen LogP contribution in [0.4, 0.5) is 13.2 Å². The molecular weight excluding hydrogens is 385 g/mol. The first kappa shape index (κ1) is 20.3. The predicted octanol–water partition coefficient (Wildman–Crippen LogP) is 3.77. The Morgan fingerprint density at radius 3 is 2.38 bits per heavy atom. The average molecular weight is 402 g/mol. The number of nitrogens with one attached hydrogen (secondary N) is 1. The van der Waals surface area contributed by atoms with Crippen LogP contribution in [-0.4, -0.2) is 30.0 Å². The van der Waals surface area contributed by atoms with E-state index in [1.807, 2.05) is 30.3 Å². The number of hydrogen-bond donors (Lipinski definition) is 1. The molecular formula is C21H17F3N2O3. The highest BCUT2D eigenvalue weighted by molar-refractivity contribution is 5.96. The molecule has 1 heterocycles. The molecule has 0 bridgehead atoms. The normalized spacial score (nSPS) is 12.4. The molecule has 0 aliphatic rings. The zero-order valence-corrected chi connectivity index (χ0v) is 15.4. The number of methoxy groups -OCH3 is 1. The fraction of sp³-hybridized carbons (Fsp3) is 0.190. The van der Waals surface area contributed by atoms with Gasteiger partial charge in [0.05, 0.1) is 18.2 Å². The Kier molecular flexibility index (Phi) is 5.81. The zero-order chi connectivity index (χ0) is 21.0. The number of hydrogen-bond acceptors (Lipinski definition) is 4. The number of amides is 1. The first-order valence-corrected chi connectivity index (χ1v) is 8.68. The van der Waals surface area contributed by atoms with Gasteiger partial charge < -0.3 is 10.1 Å². The quantitative estimate of drug-likeness (QED) is 0.660. The number of para-hydroxylation sites is 1. The molecule has 5 nitrogen and oxygen atoms in total. The minimum absolute atomic E-state index is 0.00151. The van der Waals surface area contributed by atoms with Crippen molar-refractivity contribution in [2.45, 2.75) is 18.6 Å². The van der Waals surface area contributed by atoms with Crippen LogP contribution in [0.25, 0.3) is 10.9 Å². The third-order valence-electron chi connectivity index (χ3n) is 4.33. The van der Waals surface area contributed by atoms with Crippen LogP contribution in [0.3, 0.4) is 0 Å². The molecule has 0 aliphatic carbocycles. The van der Waals surface area contributed by atoms with Crippen molar-refractivity contribution in [3.63, 3.8) is 0 Å². The van der Waals surface area contributed by atoms with E-state index in [4.69, 9.17) is 4.74 Å². The summed E-state index contributed by atoms with van der Waals surface area (Å²) in [4.78, 5) is 29.0. The molecule has 8 heteroatoms. The number of nitrogens with zero attached hydrogens (tertiary/aromatic N) is 1. The van der Waals surface area contributed by atoms with E-state index >= 15 is 0 Å². The lowest BCUT2D eigenvalue weighted by molar-refractivity contribution is -0.143. The molecule has 1 amide bonds. The number of carbonyl (C=O) groups excluding carboxylic acids is 2. The lowest BCUT2D eigenvalue weighted by Crippen LogP contribution is -2.43.